The third-order valence-electron chi connectivity index (χ3n) is 2.58. The molecule has 0 aliphatic heterocycles. The number of carbonyl (C=O) groups excluding carboxylic acids is 2. The number of carbonyl (C=O) groups is 2. The third-order valence-corrected chi connectivity index (χ3v) is 2.58. The van der Waals surface area contributed by atoms with Gasteiger partial charge in [-0.1, -0.05) is 19.8 Å². The van der Waals surface area contributed by atoms with Crippen LogP contribution < -0.4 is 5.11 Å². The Balaban J connectivity index is 5.39. The van der Waals surface area contributed by atoms with Gasteiger partial charge in [0, 0.05) is 18.8 Å². The number of unbranched alkanes of at least 4 members (excludes halogenated alkanes) is 2. The van der Waals surface area contributed by atoms with Crippen molar-refractivity contribution in [1.29, 1.82) is 0 Å². The van der Waals surface area contributed by atoms with Crippen LogP contribution in [0.4, 0.5) is 26.3 Å². The SMILES string of the molecule is CCCCCC(=O)OC(CC(=O)[O-])(C(F)(F)F)C(F)(F)F. The van der Waals surface area contributed by atoms with Gasteiger partial charge in [0.2, 0.25) is 0 Å². The standard InChI is InChI=1S/C11H14F6O4/c1-2-3-4-5-8(20)21-9(6-7(18)19,10(12,13)14)11(15,16)17/h2-6H2,1H3,(H,18,19)/p-1. The van der Waals surface area contributed by atoms with Crippen LogP contribution in [0.5, 0.6) is 0 Å². The van der Waals surface area contributed by atoms with Gasteiger partial charge in [-0.2, -0.15) is 26.3 Å². The lowest BCUT2D eigenvalue weighted by Gasteiger charge is -2.36. The van der Waals surface area contributed by atoms with E-state index in [-0.39, 0.29) is 6.42 Å². The molecule has 0 amide bonds. The van der Waals surface area contributed by atoms with E-state index >= 15 is 0 Å². The molecule has 0 aliphatic rings. The zero-order valence-electron chi connectivity index (χ0n) is 10.9. The van der Waals surface area contributed by atoms with Crippen LogP contribution in [-0.2, 0) is 14.3 Å². The molecule has 0 rings (SSSR count). The molecule has 0 bridgehead atoms. The predicted molar refractivity (Wildman–Crippen MR) is 54.7 cm³/mol. The summed E-state index contributed by atoms with van der Waals surface area (Å²) < 4.78 is 79.7. The van der Waals surface area contributed by atoms with Gasteiger partial charge in [-0.05, 0) is 6.42 Å². The molecule has 0 fully saturated rings. The summed E-state index contributed by atoms with van der Waals surface area (Å²) in [5.74, 6) is -4.40. The molecular formula is C11H13F6O4-. The first-order chi connectivity index (χ1) is 9.37. The smallest absolute Gasteiger partial charge is 0.437 e. The van der Waals surface area contributed by atoms with Crippen LogP contribution in [-0.4, -0.2) is 29.9 Å². The van der Waals surface area contributed by atoms with Gasteiger partial charge in [0.25, 0.3) is 0 Å². The molecule has 0 atom stereocenters. The van der Waals surface area contributed by atoms with Gasteiger partial charge in [-0.15, -0.1) is 0 Å². The number of carboxylic acid groups (broad SMARTS) is 1. The lowest BCUT2D eigenvalue weighted by Crippen LogP contribution is -2.61. The monoisotopic (exact) mass is 323 g/mol. The lowest BCUT2D eigenvalue weighted by atomic mass is 9.97. The van der Waals surface area contributed by atoms with E-state index < -0.39 is 42.7 Å². The summed E-state index contributed by atoms with van der Waals surface area (Å²) in [4.78, 5) is 21.4. The quantitative estimate of drug-likeness (QED) is 0.409. The van der Waals surface area contributed by atoms with Crippen molar-refractivity contribution in [3.63, 3.8) is 0 Å². The molecule has 0 aromatic carbocycles. The maximum Gasteiger partial charge on any atom is 0.437 e. The Morgan fingerprint density at radius 2 is 1.48 bits per heavy atom. The second-order valence-electron chi connectivity index (χ2n) is 4.30. The van der Waals surface area contributed by atoms with Gasteiger partial charge >= 0.3 is 23.9 Å². The molecule has 0 aromatic rings. The largest absolute Gasteiger partial charge is 0.550 e. The summed E-state index contributed by atoms with van der Waals surface area (Å²) in [5.41, 5.74) is -5.10. The second kappa shape index (κ2) is 6.99. The average molecular weight is 323 g/mol. The van der Waals surface area contributed by atoms with E-state index in [1.807, 2.05) is 0 Å². The minimum atomic E-state index is -6.13. The molecule has 0 saturated carbocycles. The fraction of sp³-hybridized carbons (Fsp3) is 0.818. The van der Waals surface area contributed by atoms with E-state index in [2.05, 4.69) is 4.74 Å². The lowest BCUT2D eigenvalue weighted by molar-refractivity contribution is -0.381. The fourth-order valence-corrected chi connectivity index (χ4v) is 1.48. The molecule has 0 aromatic heterocycles. The van der Waals surface area contributed by atoms with Gasteiger partial charge in [0.15, 0.2) is 0 Å². The summed E-state index contributed by atoms with van der Waals surface area (Å²) in [7, 11) is 0. The zero-order valence-corrected chi connectivity index (χ0v) is 10.9. The molecule has 4 nitrogen and oxygen atoms in total. The van der Waals surface area contributed by atoms with Crippen LogP contribution in [0.2, 0.25) is 0 Å². The second-order valence-corrected chi connectivity index (χ2v) is 4.30. The van der Waals surface area contributed by atoms with E-state index in [9.17, 15) is 41.0 Å². The summed E-state index contributed by atoms with van der Waals surface area (Å²) in [6, 6.07) is 0. The van der Waals surface area contributed by atoms with E-state index in [1.54, 1.807) is 6.92 Å². The number of hydrogen-bond donors (Lipinski definition) is 0. The van der Waals surface area contributed by atoms with E-state index in [4.69, 9.17) is 0 Å². The van der Waals surface area contributed by atoms with Gasteiger partial charge < -0.3 is 14.6 Å². The summed E-state index contributed by atoms with van der Waals surface area (Å²) in [6.07, 6.45) is -14.5. The number of hydrogen-bond acceptors (Lipinski definition) is 4. The molecule has 0 spiro atoms. The Bertz CT molecular complexity index is 360. The number of rotatable bonds is 7. The van der Waals surface area contributed by atoms with Crippen molar-refractivity contribution in [2.45, 2.75) is 57.0 Å². The Morgan fingerprint density at radius 3 is 1.81 bits per heavy atom. The van der Waals surface area contributed by atoms with Crippen molar-refractivity contribution in [1.82, 2.24) is 0 Å². The van der Waals surface area contributed by atoms with Crippen LogP contribution >= 0.6 is 0 Å². The van der Waals surface area contributed by atoms with E-state index in [0.717, 1.165) is 0 Å². The molecule has 21 heavy (non-hydrogen) atoms. The van der Waals surface area contributed by atoms with Gasteiger partial charge in [-0.25, -0.2) is 0 Å². The highest BCUT2D eigenvalue weighted by Gasteiger charge is 2.74. The number of esters is 1. The van der Waals surface area contributed by atoms with E-state index in [0.29, 0.717) is 12.8 Å². The molecule has 0 aliphatic carbocycles. The minimum absolute atomic E-state index is 0.0342. The molecule has 0 unspecified atom stereocenters. The molecule has 0 heterocycles. The maximum absolute atomic E-state index is 12.7. The Hall–Kier alpha value is -1.48. The Morgan fingerprint density at radius 1 is 1.00 bits per heavy atom. The van der Waals surface area contributed by atoms with Crippen LogP contribution in [0.25, 0.3) is 0 Å². The van der Waals surface area contributed by atoms with Crippen LogP contribution in [0.1, 0.15) is 39.0 Å². The Labute approximate surface area is 116 Å². The highest BCUT2D eigenvalue weighted by molar-refractivity contribution is 5.72. The minimum Gasteiger partial charge on any atom is -0.550 e. The average Bonchev–Trinajstić information content (AvgIpc) is 2.24. The first-order valence-corrected chi connectivity index (χ1v) is 5.92. The van der Waals surface area contributed by atoms with Crippen LogP contribution in [0.3, 0.4) is 0 Å². The summed E-state index contributed by atoms with van der Waals surface area (Å²) in [6.45, 7) is 1.71. The van der Waals surface area contributed by atoms with Crippen molar-refractivity contribution in [2.24, 2.45) is 0 Å². The van der Waals surface area contributed by atoms with E-state index in [1.165, 1.54) is 0 Å². The molecule has 0 N–H and O–H groups in total. The fourth-order valence-electron chi connectivity index (χ4n) is 1.48. The highest BCUT2D eigenvalue weighted by atomic mass is 19.4. The molecule has 124 valence electrons. The van der Waals surface area contributed by atoms with Crippen molar-refractivity contribution < 1.29 is 45.8 Å². The molecule has 10 heteroatoms. The predicted octanol–water partition coefficient (Wildman–Crippen LogP) is 2.11. The van der Waals surface area contributed by atoms with Crippen LogP contribution in [0, 0.1) is 0 Å². The molecular weight excluding hydrogens is 310 g/mol. The highest BCUT2D eigenvalue weighted by Crippen LogP contribution is 2.48. The zero-order chi connectivity index (χ0) is 16.9. The molecule has 0 radical (unpaired) electrons. The van der Waals surface area contributed by atoms with Crippen molar-refractivity contribution in [3.8, 4) is 0 Å². The molecule has 0 saturated heterocycles. The van der Waals surface area contributed by atoms with Crippen molar-refractivity contribution in [2.75, 3.05) is 0 Å². The number of ether oxygens (including phenoxy) is 1. The van der Waals surface area contributed by atoms with Gasteiger partial charge in [0.05, 0.1) is 0 Å². The number of aliphatic carboxylic acids is 1. The number of carboxylic acids is 1. The first kappa shape index (κ1) is 19.5. The summed E-state index contributed by atoms with van der Waals surface area (Å²) >= 11 is 0. The van der Waals surface area contributed by atoms with Crippen LogP contribution in [0.15, 0.2) is 0 Å². The summed E-state index contributed by atoms with van der Waals surface area (Å²) in [5, 5.41) is 10.2. The third kappa shape index (κ3) is 5.09. The van der Waals surface area contributed by atoms with Gasteiger partial charge in [0.1, 0.15) is 0 Å². The topological polar surface area (TPSA) is 66.4 Å². The van der Waals surface area contributed by atoms with Crippen molar-refractivity contribution >= 4 is 11.9 Å². The normalized spacial score (nSPS) is 13.1. The maximum atomic E-state index is 12.7. The number of alkyl halides is 6. The Kier molecular flexibility index (Phi) is 6.50. The van der Waals surface area contributed by atoms with Gasteiger partial charge in [-0.3, -0.25) is 4.79 Å². The van der Waals surface area contributed by atoms with Crippen molar-refractivity contribution in [3.05, 3.63) is 0 Å². The first-order valence-electron chi connectivity index (χ1n) is 5.92. The number of halogens is 6.